The van der Waals surface area contributed by atoms with Gasteiger partial charge in [-0.1, -0.05) is 121 Å². The van der Waals surface area contributed by atoms with E-state index < -0.39 is 6.15 Å². The van der Waals surface area contributed by atoms with E-state index in [9.17, 15) is 0 Å². The minimum atomic E-state index is -1.22. The maximum atomic E-state index is 7.32. The zero-order chi connectivity index (χ0) is 19.7. The Morgan fingerprint density at radius 3 is 0.828 bits per heavy atom. The van der Waals surface area contributed by atoms with Crippen molar-refractivity contribution in [2.45, 2.75) is 6.92 Å². The smallest absolute Gasteiger partial charge is 0.199 e. The van der Waals surface area contributed by atoms with Gasteiger partial charge in [-0.3, -0.25) is 0 Å². The molecule has 0 aliphatic carbocycles. The van der Waals surface area contributed by atoms with E-state index in [2.05, 4.69) is 121 Å². The van der Waals surface area contributed by atoms with E-state index >= 15 is 0 Å². The summed E-state index contributed by atoms with van der Waals surface area (Å²) in [5.41, 5.74) is 5.36. The average molecular weight is 424 g/mol. The van der Waals surface area contributed by atoms with Crippen LogP contribution in [0, 0.1) is 11.3 Å². The van der Waals surface area contributed by atoms with Crippen molar-refractivity contribution >= 4 is 28.0 Å². The van der Waals surface area contributed by atoms with Crippen molar-refractivity contribution < 1.29 is 17.1 Å². The maximum Gasteiger partial charge on any atom is 1.00 e. The Labute approximate surface area is 184 Å². The van der Waals surface area contributed by atoms with Crippen LogP contribution >= 0.6 is 0 Å². The Kier molecular flexibility index (Phi) is 8.50. The molecule has 0 saturated heterocycles. The van der Waals surface area contributed by atoms with E-state index in [1.165, 1.54) is 28.8 Å². The Balaban J connectivity index is 0.000000708. The van der Waals surface area contributed by atoms with Gasteiger partial charge in [0.1, 0.15) is 6.15 Å². The zero-order valence-electron chi connectivity index (χ0n) is 16.4. The van der Waals surface area contributed by atoms with E-state index in [1.807, 2.05) is 0 Å². The molecule has 4 rings (SSSR count). The molecule has 3 heteroatoms. The molecular weight excluding hydrogens is 401 g/mol. The van der Waals surface area contributed by atoms with Gasteiger partial charge in [-0.25, -0.2) is 0 Å². The van der Waals surface area contributed by atoms with Gasteiger partial charge in [-0.2, -0.15) is 27.1 Å². The Morgan fingerprint density at radius 2 is 0.655 bits per heavy atom. The third-order valence-electron chi connectivity index (χ3n) is 5.20. The minimum Gasteiger partial charge on any atom is -0.199 e. The Morgan fingerprint density at radius 1 is 0.483 bits per heavy atom. The van der Waals surface area contributed by atoms with Crippen LogP contribution in [0.15, 0.2) is 121 Å². The van der Waals surface area contributed by atoms with Crippen molar-refractivity contribution in [3.63, 3.8) is 0 Å². The summed E-state index contributed by atoms with van der Waals surface area (Å²) in [6, 6.07) is 45.3. The molecule has 0 aliphatic rings. The Hall–Kier alpha value is -3.05. The first-order valence-corrected chi connectivity index (χ1v) is 9.52. The van der Waals surface area contributed by atoms with Gasteiger partial charge in [-0.05, 0) is 0 Å². The number of hydrogen-bond acceptors (Lipinski definition) is 1. The molecule has 0 fully saturated rings. The molecule has 146 valence electrons. The van der Waals surface area contributed by atoms with Gasteiger partial charge in [0.25, 0.3) is 0 Å². The van der Waals surface area contributed by atoms with Gasteiger partial charge in [0, 0.05) is 6.92 Å². The normalized spacial score (nSPS) is 9.93. The quantitative estimate of drug-likeness (QED) is 0.460. The maximum absolute atomic E-state index is 7.32. The first-order chi connectivity index (χ1) is 13.8. The summed E-state index contributed by atoms with van der Waals surface area (Å²) < 4.78 is 0. The van der Waals surface area contributed by atoms with E-state index in [0.29, 0.717) is 0 Å². The van der Waals surface area contributed by atoms with E-state index in [0.717, 1.165) is 0 Å². The number of rotatable bonds is 4. The summed E-state index contributed by atoms with van der Waals surface area (Å²) in [5.74, 6) is 0. The predicted molar refractivity (Wildman–Crippen MR) is 121 cm³/mol. The second-order valence-electron chi connectivity index (χ2n) is 6.73. The average Bonchev–Trinajstić information content (AvgIpc) is 2.78. The van der Waals surface area contributed by atoms with Gasteiger partial charge in [0.05, 0.1) is 6.07 Å². The van der Waals surface area contributed by atoms with Crippen molar-refractivity contribution in [3.05, 3.63) is 121 Å². The summed E-state index contributed by atoms with van der Waals surface area (Å²) in [4.78, 5) is 0. The van der Waals surface area contributed by atoms with Crippen LogP contribution in [-0.2, 0) is 17.1 Å². The zero-order valence-corrected chi connectivity index (χ0v) is 17.3. The molecule has 29 heavy (non-hydrogen) atoms. The van der Waals surface area contributed by atoms with Gasteiger partial charge in [-0.15, -0.1) is 0 Å². The minimum absolute atomic E-state index is 0. The van der Waals surface area contributed by atoms with Gasteiger partial charge in [0.15, 0.2) is 0 Å². The fraction of sp³-hybridized carbons (Fsp3) is 0.0385. The largest absolute Gasteiger partial charge is 1.00 e. The first kappa shape index (κ1) is 22.2. The molecule has 0 aliphatic heterocycles. The third-order valence-corrected chi connectivity index (χ3v) is 5.20. The molecule has 0 saturated carbocycles. The van der Waals surface area contributed by atoms with Gasteiger partial charge >= 0.3 is 17.1 Å². The van der Waals surface area contributed by atoms with Crippen LogP contribution in [0.25, 0.3) is 0 Å². The van der Waals surface area contributed by atoms with Crippen LogP contribution in [0.4, 0.5) is 0 Å². The molecule has 0 heterocycles. The van der Waals surface area contributed by atoms with Crippen molar-refractivity contribution in [1.82, 2.24) is 0 Å². The van der Waals surface area contributed by atoms with Crippen LogP contribution in [0.5, 0.6) is 0 Å². The second kappa shape index (κ2) is 11.1. The molecule has 0 N–H and O–H groups in total. The third kappa shape index (κ3) is 4.69. The summed E-state index contributed by atoms with van der Waals surface area (Å²) >= 11 is 0. The standard InChI is InChI=1S/C24H20B.C2H3N.Cu/c1-5-13-21(14-6-1)25(22-15-7-2-8-16-22,23-17-9-3-10-18-23)24-19-11-4-12-20-24;1-2-3;/h1-20H;1H3;/q-1;;+1. The fourth-order valence-corrected chi connectivity index (χ4v) is 4.12. The molecular formula is C26H23BCuN. The van der Waals surface area contributed by atoms with E-state index in [4.69, 9.17) is 5.26 Å². The number of nitriles is 1. The molecule has 0 atom stereocenters. The van der Waals surface area contributed by atoms with Crippen LogP contribution in [-0.4, -0.2) is 6.15 Å². The van der Waals surface area contributed by atoms with Crippen LogP contribution < -0.4 is 21.9 Å². The molecule has 4 aromatic rings. The van der Waals surface area contributed by atoms with E-state index in [1.54, 1.807) is 6.07 Å². The molecule has 4 aromatic carbocycles. The number of benzene rings is 4. The van der Waals surface area contributed by atoms with Crippen molar-refractivity contribution in [1.29, 1.82) is 5.26 Å². The van der Waals surface area contributed by atoms with Crippen LogP contribution in [0.1, 0.15) is 6.92 Å². The first-order valence-electron chi connectivity index (χ1n) is 9.52. The topological polar surface area (TPSA) is 23.8 Å². The molecule has 1 nitrogen and oxygen atoms in total. The molecule has 0 spiro atoms. The van der Waals surface area contributed by atoms with Crippen molar-refractivity contribution in [2.75, 3.05) is 0 Å². The number of hydrogen-bond donors (Lipinski definition) is 0. The summed E-state index contributed by atoms with van der Waals surface area (Å²) in [7, 11) is 0. The van der Waals surface area contributed by atoms with Crippen molar-refractivity contribution in [3.8, 4) is 6.07 Å². The molecule has 0 bridgehead atoms. The van der Waals surface area contributed by atoms with Gasteiger partial charge in [0.2, 0.25) is 0 Å². The predicted octanol–water partition coefficient (Wildman–Crippen LogP) is 3.59. The summed E-state index contributed by atoms with van der Waals surface area (Å²) in [6.45, 7) is 1.43. The molecule has 0 amide bonds. The monoisotopic (exact) mass is 423 g/mol. The fourth-order valence-electron chi connectivity index (χ4n) is 4.12. The van der Waals surface area contributed by atoms with Gasteiger partial charge < -0.3 is 0 Å². The summed E-state index contributed by atoms with van der Waals surface area (Å²) in [6.07, 6.45) is -1.22. The van der Waals surface area contributed by atoms with Crippen LogP contribution in [0.2, 0.25) is 0 Å². The summed E-state index contributed by atoms with van der Waals surface area (Å²) in [5, 5.41) is 7.32. The Bertz CT molecular complexity index is 850. The van der Waals surface area contributed by atoms with Crippen molar-refractivity contribution in [2.24, 2.45) is 0 Å². The SMILES string of the molecule is CC#N.[Cu+].c1ccc([B-](c2ccccc2)(c2ccccc2)c2ccccc2)cc1. The molecule has 0 radical (unpaired) electrons. The number of nitrogens with zero attached hydrogens (tertiary/aromatic N) is 1. The second-order valence-corrected chi connectivity index (χ2v) is 6.73. The van der Waals surface area contributed by atoms with Crippen LogP contribution in [0.3, 0.4) is 0 Å². The molecule has 0 aromatic heterocycles. The molecule has 0 unspecified atom stereocenters. The van der Waals surface area contributed by atoms with E-state index in [-0.39, 0.29) is 17.1 Å².